The molecule has 0 saturated carbocycles. The van der Waals surface area contributed by atoms with E-state index in [9.17, 15) is 15.0 Å². The zero-order valence-corrected chi connectivity index (χ0v) is 17.5. The second-order valence-electron chi connectivity index (χ2n) is 7.51. The number of rotatable bonds is 5. The van der Waals surface area contributed by atoms with Crippen LogP contribution in [0, 0.1) is 0 Å². The number of hydrogen-bond donors (Lipinski definition) is 3. The monoisotopic (exact) mass is 444 g/mol. The van der Waals surface area contributed by atoms with Crippen LogP contribution >= 0.6 is 0 Å². The Morgan fingerprint density at radius 2 is 1.64 bits per heavy atom. The second-order valence-corrected chi connectivity index (χ2v) is 7.51. The van der Waals surface area contributed by atoms with Crippen LogP contribution in [0.25, 0.3) is 5.69 Å². The Bertz CT molecular complexity index is 1330. The molecule has 0 radical (unpaired) electrons. The zero-order chi connectivity index (χ0) is 23.1. The van der Waals surface area contributed by atoms with Crippen molar-refractivity contribution in [3.8, 4) is 28.9 Å². The molecule has 0 fully saturated rings. The molecule has 3 aromatic carbocycles. The fourth-order valence-electron chi connectivity index (χ4n) is 4.04. The summed E-state index contributed by atoms with van der Waals surface area (Å²) in [6, 6.07) is 22.0. The maximum atomic E-state index is 11.2. The summed E-state index contributed by atoms with van der Waals surface area (Å²) in [7, 11) is 1.57. The zero-order valence-electron chi connectivity index (χ0n) is 17.5. The number of carbonyl (C=O) groups is 1. The highest BCUT2D eigenvalue weighted by molar-refractivity contribution is 5.87. The minimum atomic E-state index is -1.06. The first-order chi connectivity index (χ1) is 16.0. The van der Waals surface area contributed by atoms with Crippen LogP contribution < -0.4 is 14.6 Å². The summed E-state index contributed by atoms with van der Waals surface area (Å²) in [5.41, 5.74) is 2.39. The molecule has 0 spiro atoms. The van der Waals surface area contributed by atoms with E-state index in [1.165, 1.54) is 28.8 Å². The van der Waals surface area contributed by atoms with Crippen molar-refractivity contribution in [1.29, 1.82) is 0 Å². The Labute approximate surface area is 189 Å². The molecule has 0 amide bonds. The van der Waals surface area contributed by atoms with Crippen molar-refractivity contribution >= 4 is 11.7 Å². The predicted molar refractivity (Wildman–Crippen MR) is 120 cm³/mol. The summed E-state index contributed by atoms with van der Waals surface area (Å²) in [4.78, 5) is 17.3. The number of benzene rings is 3. The van der Waals surface area contributed by atoms with E-state index in [-0.39, 0.29) is 23.1 Å². The number of anilines is 1. The number of ether oxygens (including phenoxy) is 1. The third-order valence-corrected chi connectivity index (χ3v) is 5.60. The molecule has 0 bridgehead atoms. The van der Waals surface area contributed by atoms with Crippen molar-refractivity contribution in [1.82, 2.24) is 4.57 Å². The summed E-state index contributed by atoms with van der Waals surface area (Å²) in [5, 5.41) is 33.0. The number of hydrogen-bond acceptors (Lipinski definition) is 6. The van der Waals surface area contributed by atoms with Crippen molar-refractivity contribution in [2.24, 2.45) is 0 Å². The van der Waals surface area contributed by atoms with E-state index in [0.29, 0.717) is 17.0 Å². The van der Waals surface area contributed by atoms with E-state index in [0.717, 1.165) is 11.3 Å². The highest BCUT2D eigenvalue weighted by atomic mass is 16.7. The fraction of sp³-hybridized carbons (Fsp3) is 0.0800. The lowest BCUT2D eigenvalue weighted by atomic mass is 9.99. The number of para-hydroxylation sites is 1. The predicted octanol–water partition coefficient (Wildman–Crippen LogP) is 4.50. The minimum Gasteiger partial charge on any atom is -0.497 e. The maximum absolute atomic E-state index is 11.2. The quantitative estimate of drug-likeness (QED) is 0.416. The van der Waals surface area contributed by atoms with Gasteiger partial charge < -0.3 is 24.9 Å². The largest absolute Gasteiger partial charge is 0.497 e. The van der Waals surface area contributed by atoms with E-state index in [1.54, 1.807) is 12.2 Å². The molecule has 5 rings (SSSR count). The number of carboxylic acid groups (broad SMARTS) is 1. The number of methoxy groups -OCH3 is 1. The van der Waals surface area contributed by atoms with E-state index in [2.05, 4.69) is 0 Å². The number of aromatic carboxylic acids is 1. The van der Waals surface area contributed by atoms with Gasteiger partial charge in [0.15, 0.2) is 0 Å². The van der Waals surface area contributed by atoms with Gasteiger partial charge in [-0.05, 0) is 54.1 Å². The Hall–Kier alpha value is -4.59. The molecule has 1 aliphatic rings. The first kappa shape index (κ1) is 20.3. The van der Waals surface area contributed by atoms with Crippen LogP contribution in [0.5, 0.6) is 23.3 Å². The first-order valence-electron chi connectivity index (χ1n) is 10.2. The van der Waals surface area contributed by atoms with Gasteiger partial charge in [-0.25, -0.2) is 9.36 Å². The van der Waals surface area contributed by atoms with E-state index in [4.69, 9.17) is 14.7 Å². The van der Waals surface area contributed by atoms with Gasteiger partial charge in [0.05, 0.1) is 29.6 Å². The van der Waals surface area contributed by atoms with Crippen molar-refractivity contribution in [3.05, 3.63) is 95.6 Å². The molecular weight excluding hydrogens is 424 g/mol. The van der Waals surface area contributed by atoms with Crippen LogP contribution in [0.3, 0.4) is 0 Å². The summed E-state index contributed by atoms with van der Waals surface area (Å²) >= 11 is 0. The Morgan fingerprint density at radius 1 is 0.909 bits per heavy atom. The number of carboxylic acids is 1. The summed E-state index contributed by atoms with van der Waals surface area (Å²) in [5.74, 6) is -0.813. The molecule has 8 heteroatoms. The van der Waals surface area contributed by atoms with Crippen molar-refractivity contribution in [3.63, 3.8) is 0 Å². The molecule has 0 saturated heterocycles. The van der Waals surface area contributed by atoms with Crippen LogP contribution in [0.15, 0.2) is 78.9 Å². The van der Waals surface area contributed by atoms with E-state index < -0.39 is 12.0 Å². The molecule has 1 aliphatic heterocycles. The molecule has 166 valence electrons. The van der Waals surface area contributed by atoms with Gasteiger partial charge in [-0.3, -0.25) is 0 Å². The van der Waals surface area contributed by atoms with Crippen molar-refractivity contribution in [2.45, 2.75) is 6.04 Å². The normalized spacial score (nSPS) is 14.6. The van der Waals surface area contributed by atoms with Gasteiger partial charge in [-0.1, -0.05) is 30.3 Å². The Morgan fingerprint density at radius 3 is 2.30 bits per heavy atom. The third kappa shape index (κ3) is 3.28. The fourth-order valence-corrected chi connectivity index (χ4v) is 4.04. The van der Waals surface area contributed by atoms with Crippen molar-refractivity contribution < 1.29 is 29.7 Å². The lowest BCUT2D eigenvalue weighted by Crippen LogP contribution is -2.27. The standard InChI is InChI=1S/C25H20N2O6/c1-32-19-9-5-6-16(14-19)21-20-22(33-27(21)18-7-3-2-4-8-18)24(29)26(23(20)28)17-12-10-15(11-13-17)25(30)31/h2-14,21,28-29H,1H3,(H,30,31)/t21-/m0/s1. The second kappa shape index (κ2) is 7.83. The van der Waals surface area contributed by atoms with Gasteiger partial charge in [-0.2, -0.15) is 5.06 Å². The van der Waals surface area contributed by atoms with Gasteiger partial charge in [0.1, 0.15) is 11.8 Å². The minimum absolute atomic E-state index is 0.0955. The van der Waals surface area contributed by atoms with Gasteiger partial charge in [-0.15, -0.1) is 0 Å². The molecule has 2 heterocycles. The summed E-state index contributed by atoms with van der Waals surface area (Å²) < 4.78 is 6.61. The molecule has 3 N–H and O–H groups in total. The highest BCUT2D eigenvalue weighted by Crippen LogP contribution is 2.55. The number of nitrogens with zero attached hydrogens (tertiary/aromatic N) is 2. The first-order valence-corrected chi connectivity index (χ1v) is 10.2. The molecule has 4 aromatic rings. The maximum Gasteiger partial charge on any atom is 0.335 e. The lowest BCUT2D eigenvalue weighted by molar-refractivity contribution is 0.0697. The lowest BCUT2D eigenvalue weighted by Gasteiger charge is -2.26. The van der Waals surface area contributed by atoms with Gasteiger partial charge >= 0.3 is 5.97 Å². The molecule has 1 aromatic heterocycles. The molecule has 33 heavy (non-hydrogen) atoms. The van der Waals surface area contributed by atoms with Crippen LogP contribution in [-0.2, 0) is 0 Å². The Kier molecular flexibility index (Phi) is 4.82. The molecule has 0 unspecified atom stereocenters. The Balaban J connectivity index is 1.67. The number of fused-ring (bicyclic) bond motifs is 1. The van der Waals surface area contributed by atoms with Crippen LogP contribution in [0.1, 0.15) is 27.5 Å². The van der Waals surface area contributed by atoms with E-state index >= 15 is 0 Å². The molecule has 0 aliphatic carbocycles. The number of aromatic hydroxyl groups is 2. The average molecular weight is 444 g/mol. The third-order valence-electron chi connectivity index (χ3n) is 5.60. The topological polar surface area (TPSA) is 104 Å². The van der Waals surface area contributed by atoms with Crippen LogP contribution in [-0.4, -0.2) is 33.0 Å². The smallest absolute Gasteiger partial charge is 0.335 e. The summed E-state index contributed by atoms with van der Waals surface area (Å²) in [6.07, 6.45) is 0. The molecular formula is C25H20N2O6. The van der Waals surface area contributed by atoms with Crippen LogP contribution in [0.2, 0.25) is 0 Å². The van der Waals surface area contributed by atoms with Crippen LogP contribution in [0.4, 0.5) is 5.69 Å². The highest BCUT2D eigenvalue weighted by Gasteiger charge is 2.43. The SMILES string of the molecule is COc1cccc([C@H]2c3c(c(O)n(-c4ccc(C(=O)O)cc4)c3O)ON2c2ccccc2)c1. The van der Waals surface area contributed by atoms with Gasteiger partial charge in [0.25, 0.3) is 0 Å². The van der Waals surface area contributed by atoms with Crippen molar-refractivity contribution in [2.75, 3.05) is 12.2 Å². The van der Waals surface area contributed by atoms with E-state index in [1.807, 2.05) is 54.6 Å². The number of aromatic nitrogens is 1. The van der Waals surface area contributed by atoms with Gasteiger partial charge in [0.2, 0.25) is 17.5 Å². The molecule has 1 atom stereocenters. The summed E-state index contributed by atoms with van der Waals surface area (Å²) in [6.45, 7) is 0. The molecule has 8 nitrogen and oxygen atoms in total. The van der Waals surface area contributed by atoms with Gasteiger partial charge in [0, 0.05) is 0 Å². The number of hydroxylamine groups is 1. The average Bonchev–Trinajstić information content (AvgIpc) is 3.35.